The van der Waals surface area contributed by atoms with Gasteiger partial charge >= 0.3 is 17.1 Å². The quantitative estimate of drug-likeness (QED) is 0.600. The van der Waals surface area contributed by atoms with Gasteiger partial charge in [0, 0.05) is 6.07 Å². The Morgan fingerprint density at radius 3 is 2.00 bits per heavy atom. The van der Waals surface area contributed by atoms with Crippen molar-refractivity contribution in [2.75, 3.05) is 19.5 Å². The Labute approximate surface area is 165 Å². The highest BCUT2D eigenvalue weighted by atomic mass is 16.5. The number of methoxy groups -OCH3 is 2. The van der Waals surface area contributed by atoms with Crippen molar-refractivity contribution in [3.05, 3.63) is 75.0 Å². The van der Waals surface area contributed by atoms with E-state index < -0.39 is 29.5 Å². The molecule has 1 amide bonds. The molecule has 0 aliphatic heterocycles. The molecule has 1 heterocycles. The number of ether oxygens (including phenoxy) is 2. The molecule has 0 unspecified atom stereocenters. The first-order chi connectivity index (χ1) is 13.9. The first kappa shape index (κ1) is 21.5. The van der Waals surface area contributed by atoms with Gasteiger partial charge < -0.3 is 14.8 Å². The number of aromatic nitrogens is 3. The minimum atomic E-state index is -0.906. The lowest BCUT2D eigenvalue weighted by Crippen LogP contribution is -2.55. The van der Waals surface area contributed by atoms with Crippen LogP contribution in [0.4, 0.5) is 5.69 Å². The molecule has 29 heavy (non-hydrogen) atoms. The van der Waals surface area contributed by atoms with Gasteiger partial charge in [0.05, 0.1) is 33.0 Å². The maximum Gasteiger partial charge on any atom is 0.337 e. The second-order valence-corrected chi connectivity index (χ2v) is 5.85. The highest BCUT2D eigenvalue weighted by Gasteiger charge is 2.17. The van der Waals surface area contributed by atoms with Crippen LogP contribution < -0.4 is 31.9 Å². The number of hydrogen-bond acceptors (Lipinski definition) is 6. The van der Waals surface area contributed by atoms with Crippen LogP contribution in [0.2, 0.25) is 0 Å². The molecule has 0 fully saturated rings. The number of allylic oxidation sites excluding steroid dienone is 2. The van der Waals surface area contributed by atoms with Gasteiger partial charge in [-0.25, -0.2) is 28.1 Å². The Bertz CT molecular complexity index is 1060. The van der Waals surface area contributed by atoms with Crippen molar-refractivity contribution < 1.29 is 14.3 Å². The first-order valence-corrected chi connectivity index (χ1v) is 8.56. The van der Waals surface area contributed by atoms with Crippen molar-refractivity contribution in [1.29, 1.82) is 0 Å². The zero-order valence-corrected chi connectivity index (χ0v) is 16.2. The van der Waals surface area contributed by atoms with Crippen molar-refractivity contribution in [3.8, 4) is 11.5 Å². The second kappa shape index (κ2) is 9.40. The zero-order chi connectivity index (χ0) is 21.6. The lowest BCUT2D eigenvalue weighted by Gasteiger charge is -2.14. The second-order valence-electron chi connectivity index (χ2n) is 5.85. The van der Waals surface area contributed by atoms with E-state index in [1.54, 1.807) is 18.2 Å². The molecule has 0 saturated heterocycles. The SMILES string of the molecule is C=CCn1c(=O)n(CC=C)c(=O)n(CC(=O)Nc2ccc(OC)cc2OC)c1=O. The van der Waals surface area contributed by atoms with E-state index in [1.165, 1.54) is 26.4 Å². The van der Waals surface area contributed by atoms with Crippen LogP contribution in [0.5, 0.6) is 11.5 Å². The zero-order valence-electron chi connectivity index (χ0n) is 16.2. The van der Waals surface area contributed by atoms with Crippen LogP contribution in [0.15, 0.2) is 57.9 Å². The third-order valence-corrected chi connectivity index (χ3v) is 3.99. The van der Waals surface area contributed by atoms with Crippen molar-refractivity contribution in [2.45, 2.75) is 19.6 Å². The van der Waals surface area contributed by atoms with Crippen molar-refractivity contribution in [3.63, 3.8) is 0 Å². The molecule has 0 spiro atoms. The lowest BCUT2D eigenvalue weighted by molar-refractivity contribution is -0.116. The van der Waals surface area contributed by atoms with Crippen molar-refractivity contribution in [1.82, 2.24) is 13.7 Å². The number of carbonyl (C=O) groups is 1. The van der Waals surface area contributed by atoms with Gasteiger partial charge in [-0.3, -0.25) is 4.79 Å². The van der Waals surface area contributed by atoms with E-state index in [0.29, 0.717) is 21.8 Å². The third-order valence-electron chi connectivity index (χ3n) is 3.99. The average molecular weight is 402 g/mol. The van der Waals surface area contributed by atoms with E-state index in [0.717, 1.165) is 9.13 Å². The highest BCUT2D eigenvalue weighted by Crippen LogP contribution is 2.28. The molecule has 0 bridgehead atoms. The van der Waals surface area contributed by atoms with E-state index in [9.17, 15) is 19.2 Å². The smallest absolute Gasteiger partial charge is 0.337 e. The number of benzene rings is 1. The van der Waals surface area contributed by atoms with Gasteiger partial charge in [-0.2, -0.15) is 0 Å². The Morgan fingerprint density at radius 2 is 1.52 bits per heavy atom. The molecule has 0 aliphatic carbocycles. The van der Waals surface area contributed by atoms with Crippen LogP contribution in [0.1, 0.15) is 0 Å². The summed E-state index contributed by atoms with van der Waals surface area (Å²) in [4.78, 5) is 50.0. The maximum absolute atomic E-state index is 12.6. The summed E-state index contributed by atoms with van der Waals surface area (Å²) < 4.78 is 12.6. The standard InChI is InChI=1S/C19H22N4O6/c1-5-9-21-17(25)22(10-6-2)19(27)23(18(21)26)12-16(24)20-14-8-7-13(28-3)11-15(14)29-4/h5-8,11H,1-2,9-10,12H2,3-4H3,(H,20,24). The molecule has 154 valence electrons. The van der Waals surface area contributed by atoms with Crippen LogP contribution >= 0.6 is 0 Å². The fraction of sp³-hybridized carbons (Fsp3) is 0.263. The number of nitrogens with zero attached hydrogens (tertiary/aromatic N) is 3. The van der Waals surface area contributed by atoms with Gasteiger partial charge in [0.15, 0.2) is 0 Å². The van der Waals surface area contributed by atoms with Gasteiger partial charge in [-0.05, 0) is 12.1 Å². The number of anilines is 1. The fourth-order valence-electron chi connectivity index (χ4n) is 2.62. The van der Waals surface area contributed by atoms with Gasteiger partial charge in [-0.15, -0.1) is 13.2 Å². The number of amides is 1. The van der Waals surface area contributed by atoms with Crippen molar-refractivity contribution in [2.24, 2.45) is 0 Å². The van der Waals surface area contributed by atoms with Crippen LogP contribution in [0.3, 0.4) is 0 Å². The normalized spacial score (nSPS) is 10.3. The van der Waals surface area contributed by atoms with Crippen LogP contribution in [0.25, 0.3) is 0 Å². The molecule has 0 aliphatic rings. The van der Waals surface area contributed by atoms with E-state index in [1.807, 2.05) is 0 Å². The van der Waals surface area contributed by atoms with Crippen LogP contribution in [-0.4, -0.2) is 33.8 Å². The van der Waals surface area contributed by atoms with Gasteiger partial charge in [0.1, 0.15) is 18.0 Å². The van der Waals surface area contributed by atoms with Crippen LogP contribution in [-0.2, 0) is 24.4 Å². The van der Waals surface area contributed by atoms with Crippen molar-refractivity contribution >= 4 is 11.6 Å². The lowest BCUT2D eigenvalue weighted by atomic mass is 10.2. The fourth-order valence-corrected chi connectivity index (χ4v) is 2.62. The maximum atomic E-state index is 12.6. The third kappa shape index (κ3) is 4.54. The predicted octanol–water partition coefficient (Wildman–Crippen LogP) is 0.200. The summed E-state index contributed by atoms with van der Waals surface area (Å²) in [5, 5.41) is 2.58. The highest BCUT2D eigenvalue weighted by molar-refractivity contribution is 5.92. The Hall–Kier alpha value is -3.82. The number of rotatable bonds is 9. The van der Waals surface area contributed by atoms with Gasteiger partial charge in [0.2, 0.25) is 5.91 Å². The molecule has 1 aromatic heterocycles. The molecule has 0 saturated carbocycles. The topological polar surface area (TPSA) is 114 Å². The summed E-state index contributed by atoms with van der Waals surface area (Å²) in [5.41, 5.74) is -2.28. The first-order valence-electron chi connectivity index (χ1n) is 8.56. The minimum Gasteiger partial charge on any atom is -0.497 e. The summed E-state index contributed by atoms with van der Waals surface area (Å²) in [6, 6.07) is 4.75. The molecule has 1 aromatic carbocycles. The molecule has 2 rings (SSSR count). The van der Waals surface area contributed by atoms with E-state index >= 15 is 0 Å². The minimum absolute atomic E-state index is 0.108. The monoisotopic (exact) mass is 402 g/mol. The molecule has 2 aromatic rings. The molecular formula is C19H22N4O6. The summed E-state index contributed by atoms with van der Waals surface area (Å²) in [7, 11) is 2.92. The van der Waals surface area contributed by atoms with Crippen LogP contribution in [0, 0.1) is 0 Å². The van der Waals surface area contributed by atoms with Gasteiger partial charge in [0.25, 0.3) is 0 Å². The number of nitrogens with one attached hydrogen (secondary N) is 1. The molecular weight excluding hydrogens is 380 g/mol. The predicted molar refractivity (Wildman–Crippen MR) is 108 cm³/mol. The Morgan fingerprint density at radius 1 is 0.966 bits per heavy atom. The van der Waals surface area contributed by atoms with E-state index in [-0.39, 0.29) is 13.1 Å². The Balaban J connectivity index is 2.43. The molecule has 10 nitrogen and oxygen atoms in total. The molecule has 10 heteroatoms. The molecule has 0 atom stereocenters. The average Bonchev–Trinajstić information content (AvgIpc) is 2.72. The Kier molecular flexibility index (Phi) is 6.96. The van der Waals surface area contributed by atoms with Gasteiger partial charge in [-0.1, -0.05) is 12.2 Å². The van der Waals surface area contributed by atoms with E-state index in [2.05, 4.69) is 18.5 Å². The molecule has 1 N–H and O–H groups in total. The number of hydrogen-bond donors (Lipinski definition) is 1. The van der Waals surface area contributed by atoms with E-state index in [4.69, 9.17) is 9.47 Å². The number of carbonyl (C=O) groups excluding carboxylic acids is 1. The summed E-state index contributed by atoms with van der Waals surface area (Å²) >= 11 is 0. The summed E-state index contributed by atoms with van der Waals surface area (Å²) in [5.74, 6) is 0.215. The largest absolute Gasteiger partial charge is 0.497 e. The summed E-state index contributed by atoms with van der Waals surface area (Å²) in [6.07, 6.45) is 2.69. The molecule has 0 radical (unpaired) electrons. The summed E-state index contributed by atoms with van der Waals surface area (Å²) in [6.45, 7) is 6.18.